The van der Waals surface area contributed by atoms with Gasteiger partial charge >= 0.3 is 0 Å². The standard InChI is InChI=1S/C30H39N3O2/c1-19(2)17-33-18-24-15-30(29(35)31-16-23-12-8-9-20(3)13-23)25(14-22-10-6-5-7-11-22)28(33)26(24)27(32-30)21(4)34/h5-13,19,24-28,32H,14-18H2,1-4H3,(H,31,35)/t24-,25-,26+,27?,28-,30+/m1/s1. The zero-order valence-electron chi connectivity index (χ0n) is 21.5. The summed E-state index contributed by atoms with van der Waals surface area (Å²) in [7, 11) is 0. The van der Waals surface area contributed by atoms with Gasteiger partial charge in [-0.1, -0.05) is 74.0 Å². The maximum Gasteiger partial charge on any atom is 0.240 e. The van der Waals surface area contributed by atoms with Gasteiger partial charge in [-0.2, -0.15) is 0 Å². The molecule has 3 aliphatic heterocycles. The maximum atomic E-state index is 14.1. The zero-order valence-corrected chi connectivity index (χ0v) is 21.5. The minimum atomic E-state index is -0.744. The van der Waals surface area contributed by atoms with Crippen LogP contribution >= 0.6 is 0 Å². The third-order valence-corrected chi connectivity index (χ3v) is 8.53. The summed E-state index contributed by atoms with van der Waals surface area (Å²) in [4.78, 5) is 29.6. The van der Waals surface area contributed by atoms with E-state index in [4.69, 9.17) is 0 Å². The van der Waals surface area contributed by atoms with Crippen molar-refractivity contribution in [2.45, 2.75) is 64.7 Å². The third kappa shape index (κ3) is 4.45. The Morgan fingerprint density at radius 1 is 1.11 bits per heavy atom. The highest BCUT2D eigenvalue weighted by molar-refractivity contribution is 5.91. The van der Waals surface area contributed by atoms with Crippen LogP contribution in [0, 0.1) is 30.6 Å². The Balaban J connectivity index is 1.51. The van der Waals surface area contributed by atoms with E-state index in [0.717, 1.165) is 31.5 Å². The summed E-state index contributed by atoms with van der Waals surface area (Å²) >= 11 is 0. The fraction of sp³-hybridized carbons (Fsp3) is 0.533. The van der Waals surface area contributed by atoms with E-state index in [1.807, 2.05) is 12.1 Å². The summed E-state index contributed by atoms with van der Waals surface area (Å²) < 4.78 is 0. The Hall–Kier alpha value is -2.50. The van der Waals surface area contributed by atoms with Gasteiger partial charge in [0.15, 0.2) is 0 Å². The second-order valence-corrected chi connectivity index (χ2v) is 11.6. The van der Waals surface area contributed by atoms with Crippen molar-refractivity contribution in [2.24, 2.45) is 23.7 Å². The first-order chi connectivity index (χ1) is 16.8. The van der Waals surface area contributed by atoms with Gasteiger partial charge in [-0.05, 0) is 49.7 Å². The Kier molecular flexibility index (Phi) is 6.58. The molecule has 4 bridgehead atoms. The predicted octanol–water partition coefficient (Wildman–Crippen LogP) is 3.75. The van der Waals surface area contributed by atoms with E-state index in [2.05, 4.69) is 78.8 Å². The summed E-state index contributed by atoms with van der Waals surface area (Å²) in [6, 6.07) is 18.8. The summed E-state index contributed by atoms with van der Waals surface area (Å²) in [5.41, 5.74) is 2.80. The number of carbonyl (C=O) groups is 2. The Labute approximate surface area is 209 Å². The van der Waals surface area contributed by atoms with Crippen molar-refractivity contribution in [1.29, 1.82) is 0 Å². The predicted molar refractivity (Wildman–Crippen MR) is 139 cm³/mol. The van der Waals surface area contributed by atoms with Gasteiger partial charge in [-0.3, -0.25) is 19.8 Å². The topological polar surface area (TPSA) is 61.4 Å². The van der Waals surface area contributed by atoms with E-state index in [9.17, 15) is 9.59 Å². The highest BCUT2D eigenvalue weighted by Crippen LogP contribution is 2.55. The van der Waals surface area contributed by atoms with Gasteiger partial charge in [0.2, 0.25) is 5.91 Å². The van der Waals surface area contributed by atoms with Gasteiger partial charge in [-0.25, -0.2) is 0 Å². The van der Waals surface area contributed by atoms with Crippen LogP contribution in [0.25, 0.3) is 0 Å². The fourth-order valence-electron chi connectivity index (χ4n) is 7.35. The van der Waals surface area contributed by atoms with Gasteiger partial charge < -0.3 is 5.32 Å². The maximum absolute atomic E-state index is 14.1. The summed E-state index contributed by atoms with van der Waals surface area (Å²) in [5.74, 6) is 1.49. The number of carbonyl (C=O) groups excluding carboxylic acids is 2. The highest BCUT2D eigenvalue weighted by Gasteiger charge is 2.68. The first kappa shape index (κ1) is 24.2. The molecule has 2 aromatic carbocycles. The van der Waals surface area contributed by atoms with E-state index in [1.54, 1.807) is 6.92 Å². The molecule has 0 aromatic heterocycles. The van der Waals surface area contributed by atoms with Crippen molar-refractivity contribution in [1.82, 2.24) is 15.5 Å². The highest BCUT2D eigenvalue weighted by atomic mass is 16.2. The molecule has 5 heteroatoms. The molecule has 2 aromatic rings. The van der Waals surface area contributed by atoms with Crippen molar-refractivity contribution in [3.05, 3.63) is 71.3 Å². The average Bonchev–Trinajstić information content (AvgIpc) is 3.12. The number of hydrogen-bond donors (Lipinski definition) is 2. The van der Waals surface area contributed by atoms with E-state index in [0.29, 0.717) is 18.4 Å². The molecule has 3 saturated heterocycles. The lowest BCUT2D eigenvalue weighted by atomic mass is 9.55. The van der Waals surface area contributed by atoms with E-state index >= 15 is 0 Å². The lowest BCUT2D eigenvalue weighted by molar-refractivity contribution is -0.146. The van der Waals surface area contributed by atoms with Crippen LogP contribution in [0.4, 0.5) is 0 Å². The number of fused-ring (bicyclic) bond motifs is 1. The number of piperidine rings is 2. The molecule has 0 spiro atoms. The molecule has 3 heterocycles. The van der Waals surface area contributed by atoms with Crippen LogP contribution in [0.3, 0.4) is 0 Å². The Morgan fingerprint density at radius 2 is 1.86 bits per heavy atom. The molecular weight excluding hydrogens is 434 g/mol. The fourth-order valence-corrected chi connectivity index (χ4v) is 7.35. The van der Waals surface area contributed by atoms with Crippen molar-refractivity contribution in [2.75, 3.05) is 13.1 Å². The van der Waals surface area contributed by atoms with Crippen LogP contribution in [0.1, 0.15) is 43.9 Å². The van der Waals surface area contributed by atoms with Crippen molar-refractivity contribution in [3.63, 3.8) is 0 Å². The molecule has 1 aliphatic carbocycles. The number of ketones is 1. The van der Waals surface area contributed by atoms with Gasteiger partial charge in [0.05, 0.1) is 6.04 Å². The van der Waals surface area contributed by atoms with Crippen molar-refractivity contribution in [3.8, 4) is 0 Å². The van der Waals surface area contributed by atoms with Crippen LogP contribution in [-0.2, 0) is 22.6 Å². The molecule has 186 valence electrons. The van der Waals surface area contributed by atoms with Gasteiger partial charge in [0.25, 0.3) is 0 Å². The number of nitrogens with zero attached hydrogens (tertiary/aromatic N) is 1. The average molecular weight is 474 g/mol. The minimum Gasteiger partial charge on any atom is -0.350 e. The lowest BCUT2D eigenvalue weighted by Crippen LogP contribution is -2.78. The summed E-state index contributed by atoms with van der Waals surface area (Å²) in [5, 5.41) is 6.95. The van der Waals surface area contributed by atoms with Crippen LogP contribution in [0.5, 0.6) is 0 Å². The number of aryl methyl sites for hydroxylation is 1. The van der Waals surface area contributed by atoms with Crippen LogP contribution < -0.4 is 10.6 Å². The molecule has 4 fully saturated rings. The monoisotopic (exact) mass is 473 g/mol. The largest absolute Gasteiger partial charge is 0.350 e. The second-order valence-electron chi connectivity index (χ2n) is 11.6. The number of amides is 1. The number of nitrogens with one attached hydrogen (secondary N) is 2. The number of rotatable bonds is 8. The van der Waals surface area contributed by atoms with Crippen LogP contribution in [-0.4, -0.2) is 47.3 Å². The normalized spacial score (nSPS) is 31.6. The quantitative estimate of drug-likeness (QED) is 0.613. The minimum absolute atomic E-state index is 0.0470. The van der Waals surface area contributed by atoms with Crippen LogP contribution in [0.2, 0.25) is 0 Å². The molecule has 2 N–H and O–H groups in total. The lowest BCUT2D eigenvalue weighted by Gasteiger charge is -2.59. The van der Waals surface area contributed by atoms with E-state index in [1.165, 1.54) is 11.1 Å². The molecule has 4 aliphatic rings. The van der Waals surface area contributed by atoms with E-state index in [-0.39, 0.29) is 35.6 Å². The first-order valence-electron chi connectivity index (χ1n) is 13.2. The molecule has 5 nitrogen and oxygen atoms in total. The summed E-state index contributed by atoms with van der Waals surface area (Å²) in [6.45, 7) is 10.8. The molecule has 0 radical (unpaired) electrons. The molecule has 6 rings (SSSR count). The Morgan fingerprint density at radius 3 is 2.54 bits per heavy atom. The number of benzene rings is 2. The molecule has 6 atom stereocenters. The van der Waals surface area contributed by atoms with Gasteiger partial charge in [-0.15, -0.1) is 0 Å². The Bertz CT molecular complexity index is 1080. The molecule has 35 heavy (non-hydrogen) atoms. The van der Waals surface area contributed by atoms with Crippen molar-refractivity contribution >= 4 is 11.7 Å². The van der Waals surface area contributed by atoms with Crippen LogP contribution in [0.15, 0.2) is 54.6 Å². The van der Waals surface area contributed by atoms with Gasteiger partial charge in [0, 0.05) is 37.5 Å². The zero-order chi connectivity index (χ0) is 24.7. The molecule has 1 saturated carbocycles. The number of likely N-dealkylation sites (tertiary alicyclic amines) is 1. The second kappa shape index (κ2) is 9.51. The number of Topliss-reactive ketones (excluding diaryl/α,β-unsaturated/α-hetero) is 1. The third-order valence-electron chi connectivity index (χ3n) is 8.53. The SMILES string of the molecule is CC(=O)C1N[C@@]2(C(=O)NCc3cccc(C)c3)C[C@@H]3CN(CC(C)C)[C@@H]([C@H]13)[C@H]2Cc1ccccc1. The molecular formula is C30H39N3O2. The smallest absolute Gasteiger partial charge is 0.240 e. The first-order valence-corrected chi connectivity index (χ1v) is 13.2. The van der Waals surface area contributed by atoms with Gasteiger partial charge in [0.1, 0.15) is 11.3 Å². The molecule has 1 amide bonds. The van der Waals surface area contributed by atoms with Crippen molar-refractivity contribution < 1.29 is 9.59 Å². The number of hydrogen-bond acceptors (Lipinski definition) is 4. The molecule has 1 unspecified atom stereocenters. The summed E-state index contributed by atoms with van der Waals surface area (Å²) in [6.07, 6.45) is 1.63. The van der Waals surface area contributed by atoms with E-state index < -0.39 is 5.54 Å².